The molecule has 150 valence electrons. The van der Waals surface area contributed by atoms with Gasteiger partial charge in [-0.25, -0.2) is 9.97 Å². The first-order valence-electron chi connectivity index (χ1n) is 10.8. The minimum absolute atomic E-state index is 0.176. The van der Waals surface area contributed by atoms with Gasteiger partial charge in [0, 0.05) is 38.7 Å². The molecule has 0 radical (unpaired) electrons. The highest BCUT2D eigenvalue weighted by molar-refractivity contribution is 5.75. The molecule has 2 heterocycles. The molecule has 1 aliphatic heterocycles. The summed E-state index contributed by atoms with van der Waals surface area (Å²) in [6.07, 6.45) is 12.2. The zero-order chi connectivity index (χ0) is 18.9. The molecule has 2 aliphatic rings. The molecule has 2 fully saturated rings. The van der Waals surface area contributed by atoms with Crippen LogP contribution in [-0.4, -0.2) is 42.1 Å². The fourth-order valence-corrected chi connectivity index (χ4v) is 4.22. The number of nitrogens with one attached hydrogen (secondary N) is 2. The van der Waals surface area contributed by atoms with Crippen LogP contribution in [0.5, 0.6) is 0 Å². The first-order chi connectivity index (χ1) is 13.2. The Labute approximate surface area is 163 Å². The van der Waals surface area contributed by atoms with Crippen molar-refractivity contribution in [1.29, 1.82) is 0 Å². The Kier molecular flexibility index (Phi) is 7.72. The summed E-state index contributed by atoms with van der Waals surface area (Å²) in [5, 5.41) is 6.36. The zero-order valence-corrected chi connectivity index (χ0v) is 16.8. The van der Waals surface area contributed by atoms with Crippen molar-refractivity contribution in [3.8, 4) is 0 Å². The maximum atomic E-state index is 12.0. The van der Waals surface area contributed by atoms with Crippen molar-refractivity contribution in [1.82, 2.24) is 15.3 Å². The molecular formula is C21H35N5O. The van der Waals surface area contributed by atoms with E-state index >= 15 is 0 Å². The highest BCUT2D eigenvalue weighted by atomic mass is 16.1. The number of amides is 1. The number of aromatic nitrogens is 2. The van der Waals surface area contributed by atoms with Gasteiger partial charge in [-0.2, -0.15) is 0 Å². The van der Waals surface area contributed by atoms with E-state index in [0.29, 0.717) is 19.5 Å². The molecule has 2 N–H and O–H groups in total. The lowest BCUT2D eigenvalue weighted by Gasteiger charge is -2.28. The summed E-state index contributed by atoms with van der Waals surface area (Å²) in [4.78, 5) is 23.5. The van der Waals surface area contributed by atoms with Gasteiger partial charge in [0.05, 0.1) is 0 Å². The van der Waals surface area contributed by atoms with Gasteiger partial charge < -0.3 is 15.5 Å². The first kappa shape index (κ1) is 19.9. The van der Waals surface area contributed by atoms with Crippen molar-refractivity contribution in [3.63, 3.8) is 0 Å². The summed E-state index contributed by atoms with van der Waals surface area (Å²) >= 11 is 0. The molecule has 3 rings (SSSR count). The summed E-state index contributed by atoms with van der Waals surface area (Å²) in [5.41, 5.74) is 0. The van der Waals surface area contributed by atoms with E-state index < -0.39 is 0 Å². The maximum Gasteiger partial charge on any atom is 0.220 e. The smallest absolute Gasteiger partial charge is 0.220 e. The molecule has 0 bridgehead atoms. The fraction of sp³-hybridized carbons (Fsp3) is 0.762. The minimum atomic E-state index is 0.176. The quantitative estimate of drug-likeness (QED) is 0.681. The van der Waals surface area contributed by atoms with Crippen molar-refractivity contribution >= 4 is 17.5 Å². The molecule has 27 heavy (non-hydrogen) atoms. The largest absolute Gasteiger partial charge is 0.368 e. The molecule has 0 atom stereocenters. The lowest BCUT2D eigenvalue weighted by atomic mass is 9.86. The van der Waals surface area contributed by atoms with E-state index in [1.807, 2.05) is 13.0 Å². The van der Waals surface area contributed by atoms with Gasteiger partial charge in [0.25, 0.3) is 0 Å². The minimum Gasteiger partial charge on any atom is -0.368 e. The van der Waals surface area contributed by atoms with E-state index in [1.54, 1.807) is 0 Å². The van der Waals surface area contributed by atoms with Gasteiger partial charge in [-0.05, 0) is 38.5 Å². The summed E-state index contributed by atoms with van der Waals surface area (Å²) < 4.78 is 0. The second kappa shape index (κ2) is 10.5. The van der Waals surface area contributed by atoms with Crippen LogP contribution in [0.25, 0.3) is 0 Å². The van der Waals surface area contributed by atoms with Crippen molar-refractivity contribution in [2.24, 2.45) is 5.92 Å². The Bertz CT molecular complexity index is 594. The molecule has 0 spiro atoms. The SMILES string of the molecule is Cc1nc(NCCNC(=O)CCC2CCCCC2)cc(N2CCCCC2)n1. The standard InChI is InChI=1S/C21H35N5O/c1-17-24-19(16-20(25-17)26-14-6-3-7-15-26)22-12-13-23-21(27)11-10-18-8-4-2-5-9-18/h16,18H,2-15H2,1H3,(H,23,27)(H,22,24,25). The summed E-state index contributed by atoms with van der Waals surface area (Å²) in [6.45, 7) is 5.40. The van der Waals surface area contributed by atoms with Gasteiger partial charge in [-0.15, -0.1) is 0 Å². The lowest BCUT2D eigenvalue weighted by Crippen LogP contribution is -2.31. The molecule has 1 saturated carbocycles. The molecule has 6 heteroatoms. The number of piperidine rings is 1. The third-order valence-electron chi connectivity index (χ3n) is 5.76. The molecule has 1 saturated heterocycles. The number of rotatable bonds is 8. The van der Waals surface area contributed by atoms with Gasteiger partial charge in [-0.3, -0.25) is 4.79 Å². The summed E-state index contributed by atoms with van der Waals surface area (Å²) in [7, 11) is 0. The molecule has 1 amide bonds. The predicted molar refractivity (Wildman–Crippen MR) is 110 cm³/mol. The number of nitrogens with zero attached hydrogens (tertiary/aromatic N) is 3. The van der Waals surface area contributed by atoms with Crippen LogP contribution in [0.4, 0.5) is 11.6 Å². The van der Waals surface area contributed by atoms with E-state index in [1.165, 1.54) is 51.4 Å². The van der Waals surface area contributed by atoms with Crippen LogP contribution in [0.3, 0.4) is 0 Å². The molecule has 1 aliphatic carbocycles. The zero-order valence-electron chi connectivity index (χ0n) is 16.8. The summed E-state index contributed by atoms with van der Waals surface area (Å²) in [5.74, 6) is 3.59. The third kappa shape index (κ3) is 6.67. The Hall–Kier alpha value is -1.85. The van der Waals surface area contributed by atoms with Gasteiger partial charge in [0.15, 0.2) is 0 Å². The second-order valence-corrected chi connectivity index (χ2v) is 8.03. The average Bonchev–Trinajstić information content (AvgIpc) is 2.71. The van der Waals surface area contributed by atoms with E-state index in [-0.39, 0.29) is 5.91 Å². The normalized spacial score (nSPS) is 18.3. The number of aryl methyl sites for hydroxylation is 1. The average molecular weight is 374 g/mol. The fourth-order valence-electron chi connectivity index (χ4n) is 4.22. The van der Waals surface area contributed by atoms with Crippen LogP contribution < -0.4 is 15.5 Å². The predicted octanol–water partition coefficient (Wildman–Crippen LogP) is 3.66. The van der Waals surface area contributed by atoms with Crippen molar-refractivity contribution in [2.75, 3.05) is 36.4 Å². The maximum absolute atomic E-state index is 12.0. The molecule has 6 nitrogen and oxygen atoms in total. The second-order valence-electron chi connectivity index (χ2n) is 8.03. The van der Waals surface area contributed by atoms with E-state index in [2.05, 4.69) is 25.5 Å². The molecule has 0 aromatic carbocycles. The van der Waals surface area contributed by atoms with Crippen LogP contribution in [0.2, 0.25) is 0 Å². The van der Waals surface area contributed by atoms with Crippen molar-refractivity contribution in [2.45, 2.75) is 71.1 Å². The Morgan fingerprint density at radius 3 is 2.59 bits per heavy atom. The van der Waals surface area contributed by atoms with Crippen molar-refractivity contribution in [3.05, 3.63) is 11.9 Å². The molecule has 1 aromatic rings. The van der Waals surface area contributed by atoms with Crippen LogP contribution in [-0.2, 0) is 4.79 Å². The summed E-state index contributed by atoms with van der Waals surface area (Å²) in [6, 6.07) is 2.03. The Balaban J connectivity index is 1.37. The van der Waals surface area contributed by atoms with E-state index in [0.717, 1.165) is 42.9 Å². The highest BCUT2D eigenvalue weighted by Crippen LogP contribution is 2.27. The van der Waals surface area contributed by atoms with Crippen LogP contribution in [0.15, 0.2) is 6.07 Å². The van der Waals surface area contributed by atoms with E-state index in [9.17, 15) is 4.79 Å². The van der Waals surface area contributed by atoms with Gasteiger partial charge in [0.1, 0.15) is 17.5 Å². The highest BCUT2D eigenvalue weighted by Gasteiger charge is 2.15. The number of anilines is 2. The number of carbonyl (C=O) groups excluding carboxylic acids is 1. The monoisotopic (exact) mass is 373 g/mol. The van der Waals surface area contributed by atoms with Crippen LogP contribution >= 0.6 is 0 Å². The lowest BCUT2D eigenvalue weighted by molar-refractivity contribution is -0.121. The van der Waals surface area contributed by atoms with Crippen LogP contribution in [0.1, 0.15) is 70.0 Å². The third-order valence-corrected chi connectivity index (χ3v) is 5.76. The Morgan fingerprint density at radius 2 is 1.81 bits per heavy atom. The van der Waals surface area contributed by atoms with Gasteiger partial charge in [-0.1, -0.05) is 32.1 Å². The van der Waals surface area contributed by atoms with Crippen molar-refractivity contribution < 1.29 is 4.79 Å². The topological polar surface area (TPSA) is 70.2 Å². The number of carbonyl (C=O) groups is 1. The van der Waals surface area contributed by atoms with Crippen LogP contribution in [0, 0.1) is 12.8 Å². The molecule has 0 unspecified atom stereocenters. The van der Waals surface area contributed by atoms with Gasteiger partial charge in [0.2, 0.25) is 5.91 Å². The first-order valence-corrected chi connectivity index (χ1v) is 10.8. The number of hydrogen-bond acceptors (Lipinski definition) is 5. The number of hydrogen-bond donors (Lipinski definition) is 2. The Morgan fingerprint density at radius 1 is 1.07 bits per heavy atom. The molecular weight excluding hydrogens is 338 g/mol. The van der Waals surface area contributed by atoms with E-state index in [4.69, 9.17) is 0 Å². The molecule has 1 aromatic heterocycles. The van der Waals surface area contributed by atoms with Gasteiger partial charge >= 0.3 is 0 Å².